The van der Waals surface area contributed by atoms with Gasteiger partial charge in [-0.2, -0.15) is 0 Å². The van der Waals surface area contributed by atoms with E-state index in [0.717, 1.165) is 33.3 Å². The van der Waals surface area contributed by atoms with Gasteiger partial charge >= 0.3 is 13.2 Å². The third kappa shape index (κ3) is 8.81. The molecule has 1 saturated heterocycles. The van der Waals surface area contributed by atoms with Crippen molar-refractivity contribution in [3.05, 3.63) is 71.6 Å². The van der Waals surface area contributed by atoms with Crippen LogP contribution in [0, 0.1) is 0 Å². The van der Waals surface area contributed by atoms with Gasteiger partial charge in [-0.25, -0.2) is 14.8 Å². The molecule has 0 bridgehead atoms. The number of rotatable bonds is 11. The van der Waals surface area contributed by atoms with Crippen LogP contribution in [0.15, 0.2) is 60.4 Å². The van der Waals surface area contributed by atoms with Crippen LogP contribution in [0.2, 0.25) is 0 Å². The van der Waals surface area contributed by atoms with Crippen LogP contribution in [0.5, 0.6) is 5.88 Å². The molecule has 4 rings (SSSR count). The van der Waals surface area contributed by atoms with Crippen LogP contribution in [-0.4, -0.2) is 94.5 Å². The Kier molecular flexibility index (Phi) is 10.9. The van der Waals surface area contributed by atoms with E-state index in [9.17, 15) is 9.59 Å². The van der Waals surface area contributed by atoms with Crippen molar-refractivity contribution in [1.29, 1.82) is 0 Å². The van der Waals surface area contributed by atoms with E-state index in [1.54, 1.807) is 38.6 Å². The monoisotopic (exact) mass is 645 g/mol. The lowest BCUT2D eigenvalue weighted by atomic mass is 9.71. The van der Waals surface area contributed by atoms with Gasteiger partial charge in [0.15, 0.2) is 0 Å². The van der Waals surface area contributed by atoms with Gasteiger partial charge in [-0.1, -0.05) is 13.0 Å². The van der Waals surface area contributed by atoms with Gasteiger partial charge in [0.1, 0.15) is 17.9 Å². The summed E-state index contributed by atoms with van der Waals surface area (Å²) in [5, 5.41) is 0.993. The lowest BCUT2D eigenvalue weighted by Gasteiger charge is -2.32. The molecule has 0 aliphatic carbocycles. The van der Waals surface area contributed by atoms with Crippen LogP contribution in [-0.2, 0) is 18.8 Å². The Balaban J connectivity index is 1.57. The summed E-state index contributed by atoms with van der Waals surface area (Å²) in [5.41, 5.74) is 2.79. The minimum absolute atomic E-state index is 0.170. The van der Waals surface area contributed by atoms with E-state index in [0.29, 0.717) is 12.3 Å². The largest absolute Gasteiger partial charge is 0.491 e. The molecule has 0 radical (unpaired) electrons. The summed E-state index contributed by atoms with van der Waals surface area (Å²) in [5.74, 6) is 0.235. The molecule has 1 aliphatic heterocycles. The molecule has 3 aromatic heterocycles. The molecule has 4 heterocycles. The second kappa shape index (κ2) is 14.3. The van der Waals surface area contributed by atoms with Gasteiger partial charge in [0.05, 0.1) is 17.7 Å². The first kappa shape index (κ1) is 35.7. The van der Waals surface area contributed by atoms with Crippen molar-refractivity contribution in [2.45, 2.75) is 78.6 Å². The van der Waals surface area contributed by atoms with Crippen LogP contribution in [0.3, 0.4) is 0 Å². The van der Waals surface area contributed by atoms with Crippen LogP contribution in [0.25, 0.3) is 16.6 Å². The summed E-state index contributed by atoms with van der Waals surface area (Å²) < 4.78 is 24.5. The van der Waals surface area contributed by atoms with Crippen molar-refractivity contribution < 1.29 is 28.4 Å². The summed E-state index contributed by atoms with van der Waals surface area (Å²) in [7, 11) is 2.79. The number of amides is 2. The number of carbonyl (C=O) groups excluding carboxylic acids is 2. The third-order valence-electron chi connectivity index (χ3n) is 8.22. The minimum atomic E-state index is -0.666. The number of ether oxygens (including phenoxy) is 2. The molecule has 0 unspecified atom stereocenters. The number of allylic oxidation sites excluding steroid dienone is 1. The average molecular weight is 646 g/mol. The van der Waals surface area contributed by atoms with Crippen LogP contribution in [0.4, 0.5) is 4.79 Å². The average Bonchev–Trinajstić information content (AvgIpc) is 3.50. The molecule has 0 aromatic carbocycles. The Labute approximate surface area is 278 Å². The maximum Gasteiger partial charge on any atom is 0.491 e. The van der Waals surface area contributed by atoms with Crippen molar-refractivity contribution in [3.8, 4) is 5.88 Å². The Morgan fingerprint density at radius 1 is 1.06 bits per heavy atom. The Hall–Kier alpha value is -4.16. The maximum atomic E-state index is 12.9. The molecule has 252 valence electrons. The van der Waals surface area contributed by atoms with Gasteiger partial charge in [0, 0.05) is 67.4 Å². The number of carbonyl (C=O) groups is 2. The van der Waals surface area contributed by atoms with Crippen LogP contribution < -0.4 is 4.74 Å². The smallest absolute Gasteiger partial charge is 0.476 e. The number of hydrogen-bond acceptors (Lipinski definition) is 8. The fraction of sp³-hybridized carbons (Fsp3) is 0.486. The molecule has 1 N–H and O–H groups in total. The maximum absolute atomic E-state index is 12.9. The summed E-state index contributed by atoms with van der Waals surface area (Å²) in [6, 6.07) is 9.77. The summed E-state index contributed by atoms with van der Waals surface area (Å²) in [4.78, 5) is 40.4. The molecular weight excluding hydrogens is 597 g/mol. The van der Waals surface area contributed by atoms with Gasteiger partial charge in [0.25, 0.3) is 0 Å². The number of hydrogen-bond donors (Lipinski definition) is 1. The first-order valence-corrected chi connectivity index (χ1v) is 16.0. The highest BCUT2D eigenvalue weighted by molar-refractivity contribution is 6.56. The van der Waals surface area contributed by atoms with Crippen molar-refractivity contribution in [1.82, 2.24) is 24.8 Å². The number of H-pyrrole nitrogens is 1. The number of nitrogens with zero attached hydrogens (tertiary/aromatic N) is 4. The SMILES string of the molecule is CC/C(B1OC(C)(C)C(C)(C)O1)=C(/c1ccc(OCCN(C/C=C/C(=O)N(C)C)C(=O)OC(C)(C)C)nc1)c1cc2cccnc2[nH]1. The number of likely N-dealkylation sites (N-methyl/N-ethyl adjacent to an activating group) is 1. The normalized spacial score (nSPS) is 16.3. The van der Waals surface area contributed by atoms with Gasteiger partial charge < -0.3 is 33.6 Å². The summed E-state index contributed by atoms with van der Waals surface area (Å²) in [6.45, 7) is 16.3. The van der Waals surface area contributed by atoms with E-state index in [4.69, 9.17) is 18.8 Å². The van der Waals surface area contributed by atoms with E-state index in [1.807, 2.05) is 66.7 Å². The van der Waals surface area contributed by atoms with Gasteiger partial charge in [-0.3, -0.25) is 4.79 Å². The predicted molar refractivity (Wildman–Crippen MR) is 184 cm³/mol. The Morgan fingerprint density at radius 3 is 2.34 bits per heavy atom. The molecule has 3 aromatic rings. The van der Waals surface area contributed by atoms with E-state index in [2.05, 4.69) is 27.9 Å². The summed E-state index contributed by atoms with van der Waals surface area (Å²) in [6.07, 6.45) is 6.79. The fourth-order valence-electron chi connectivity index (χ4n) is 4.94. The van der Waals surface area contributed by atoms with E-state index in [-0.39, 0.29) is 25.6 Å². The van der Waals surface area contributed by atoms with Gasteiger partial charge in [0.2, 0.25) is 11.8 Å². The molecule has 12 heteroatoms. The Morgan fingerprint density at radius 2 is 1.77 bits per heavy atom. The number of nitrogens with one attached hydrogen (secondary N) is 1. The lowest BCUT2D eigenvalue weighted by molar-refractivity contribution is -0.123. The highest BCUT2D eigenvalue weighted by Gasteiger charge is 2.52. The minimum Gasteiger partial charge on any atom is -0.476 e. The Bertz CT molecular complexity index is 1570. The van der Waals surface area contributed by atoms with Crippen LogP contribution in [0.1, 0.15) is 73.1 Å². The molecule has 1 fully saturated rings. The van der Waals surface area contributed by atoms with Crippen molar-refractivity contribution in [2.24, 2.45) is 0 Å². The number of pyridine rings is 2. The fourth-order valence-corrected chi connectivity index (χ4v) is 4.94. The topological polar surface area (TPSA) is 119 Å². The third-order valence-corrected chi connectivity index (χ3v) is 8.22. The molecule has 0 saturated carbocycles. The quantitative estimate of drug-likeness (QED) is 0.198. The van der Waals surface area contributed by atoms with E-state index < -0.39 is 30.0 Å². The van der Waals surface area contributed by atoms with E-state index in [1.165, 1.54) is 15.9 Å². The molecule has 2 amide bonds. The molecule has 11 nitrogen and oxygen atoms in total. The van der Waals surface area contributed by atoms with Crippen molar-refractivity contribution >= 4 is 35.7 Å². The summed E-state index contributed by atoms with van der Waals surface area (Å²) >= 11 is 0. The zero-order chi connectivity index (χ0) is 34.6. The van der Waals surface area contributed by atoms with Crippen molar-refractivity contribution in [2.75, 3.05) is 33.8 Å². The van der Waals surface area contributed by atoms with Crippen LogP contribution >= 0.6 is 0 Å². The number of aromatic amines is 1. The second-order valence-electron chi connectivity index (χ2n) is 13.8. The predicted octanol–water partition coefficient (Wildman–Crippen LogP) is 6.06. The first-order valence-electron chi connectivity index (χ1n) is 16.0. The van der Waals surface area contributed by atoms with Gasteiger partial charge in [-0.15, -0.1) is 0 Å². The zero-order valence-corrected chi connectivity index (χ0v) is 29.3. The first-order chi connectivity index (χ1) is 22.0. The molecular formula is C35H48BN5O6. The molecule has 1 aliphatic rings. The zero-order valence-electron chi connectivity index (χ0n) is 29.3. The number of aromatic nitrogens is 3. The molecule has 0 atom stereocenters. The van der Waals surface area contributed by atoms with Crippen molar-refractivity contribution in [3.63, 3.8) is 0 Å². The number of fused-ring (bicyclic) bond motifs is 1. The second-order valence-corrected chi connectivity index (χ2v) is 13.8. The molecule has 47 heavy (non-hydrogen) atoms. The lowest BCUT2D eigenvalue weighted by Crippen LogP contribution is -2.41. The standard InChI is InChI=1S/C35H48BN5O6/c1-11-26(36-46-34(5,6)35(7,8)47-36)30(27-22-24-14-12-18-37-31(24)39-27)25-16-17-28(38-23-25)44-21-20-41(32(43)45-33(2,3)4)19-13-15-29(42)40(9)10/h12-18,22-23H,11,19-21H2,1-10H3,(H,37,39)/b15-13+,30-26+. The highest BCUT2D eigenvalue weighted by Crippen LogP contribution is 2.42. The van der Waals surface area contributed by atoms with E-state index >= 15 is 0 Å². The van der Waals surface area contributed by atoms with Gasteiger partial charge in [-0.05, 0) is 84.6 Å². The molecule has 0 spiro atoms. The highest BCUT2D eigenvalue weighted by atomic mass is 16.7.